The van der Waals surface area contributed by atoms with Crippen LogP contribution in [0.2, 0.25) is 0 Å². The zero-order valence-corrected chi connectivity index (χ0v) is 13.4. The number of benzene rings is 1. The van der Waals surface area contributed by atoms with E-state index in [1.165, 1.54) is 17.7 Å². The fourth-order valence-corrected chi connectivity index (χ4v) is 2.88. The molecule has 0 aliphatic carbocycles. The molecule has 2 heterocycles. The van der Waals surface area contributed by atoms with Gasteiger partial charge in [0.2, 0.25) is 0 Å². The van der Waals surface area contributed by atoms with Crippen molar-refractivity contribution < 1.29 is 4.74 Å². The second kappa shape index (κ2) is 6.49. The highest BCUT2D eigenvalue weighted by Gasteiger charge is 2.11. The van der Waals surface area contributed by atoms with Crippen LogP contribution in [-0.4, -0.2) is 28.6 Å². The van der Waals surface area contributed by atoms with Gasteiger partial charge in [-0.3, -0.25) is 0 Å². The minimum Gasteiger partial charge on any atom is -0.497 e. The summed E-state index contributed by atoms with van der Waals surface area (Å²) in [6.45, 7) is 4.22. The molecule has 2 aromatic heterocycles. The zero-order chi connectivity index (χ0) is 16.2. The van der Waals surface area contributed by atoms with Gasteiger partial charge in [0.1, 0.15) is 17.8 Å². The number of anilines is 4. The minimum absolute atomic E-state index is 0.436. The lowest BCUT2D eigenvalue weighted by Gasteiger charge is -2.09. The number of nitrogens with one attached hydrogen (secondary N) is 2. The van der Waals surface area contributed by atoms with Crippen LogP contribution < -0.4 is 21.1 Å². The summed E-state index contributed by atoms with van der Waals surface area (Å²) < 4.78 is 6.24. The molecule has 0 aliphatic heterocycles. The molecule has 3 aromatic rings. The van der Waals surface area contributed by atoms with E-state index in [0.29, 0.717) is 29.0 Å². The van der Waals surface area contributed by atoms with Gasteiger partial charge in [0.05, 0.1) is 17.3 Å². The number of thiazole rings is 1. The molecule has 4 N–H and O–H groups in total. The summed E-state index contributed by atoms with van der Waals surface area (Å²) in [4.78, 5) is 12.8. The van der Waals surface area contributed by atoms with Crippen molar-refractivity contribution in [3.05, 3.63) is 37.2 Å². The SMILES string of the molecule is C=CCNc1ncnc(Nc2nc3ccc(OC)cc3s2)c1N. The fraction of sp³-hybridized carbons (Fsp3) is 0.133. The van der Waals surface area contributed by atoms with Gasteiger partial charge in [-0.05, 0) is 18.2 Å². The van der Waals surface area contributed by atoms with Gasteiger partial charge >= 0.3 is 0 Å². The van der Waals surface area contributed by atoms with Crippen LogP contribution in [0, 0.1) is 0 Å². The normalized spacial score (nSPS) is 10.5. The molecule has 0 spiro atoms. The van der Waals surface area contributed by atoms with Crippen LogP contribution in [-0.2, 0) is 0 Å². The lowest BCUT2D eigenvalue weighted by atomic mass is 10.3. The van der Waals surface area contributed by atoms with Crippen molar-refractivity contribution in [2.45, 2.75) is 0 Å². The number of methoxy groups -OCH3 is 1. The van der Waals surface area contributed by atoms with Gasteiger partial charge in [-0.2, -0.15) is 0 Å². The first-order valence-electron chi connectivity index (χ1n) is 6.88. The van der Waals surface area contributed by atoms with E-state index in [1.54, 1.807) is 13.2 Å². The molecule has 3 rings (SSSR count). The van der Waals surface area contributed by atoms with Crippen LogP contribution in [0.1, 0.15) is 0 Å². The Morgan fingerprint density at radius 1 is 1.35 bits per heavy atom. The van der Waals surface area contributed by atoms with Crippen LogP contribution in [0.4, 0.5) is 22.5 Å². The third-order valence-electron chi connectivity index (χ3n) is 3.12. The average molecular weight is 328 g/mol. The number of nitrogen functional groups attached to an aromatic ring is 1. The third kappa shape index (κ3) is 3.16. The van der Waals surface area contributed by atoms with E-state index >= 15 is 0 Å². The predicted octanol–water partition coefficient (Wildman–Crippen LogP) is 3.02. The lowest BCUT2D eigenvalue weighted by molar-refractivity contribution is 0.415. The van der Waals surface area contributed by atoms with Crippen molar-refractivity contribution in [3.8, 4) is 5.75 Å². The largest absolute Gasteiger partial charge is 0.497 e. The second-order valence-electron chi connectivity index (χ2n) is 4.63. The summed E-state index contributed by atoms with van der Waals surface area (Å²) >= 11 is 1.50. The highest BCUT2D eigenvalue weighted by molar-refractivity contribution is 7.22. The highest BCUT2D eigenvalue weighted by Crippen LogP contribution is 2.32. The highest BCUT2D eigenvalue weighted by atomic mass is 32.1. The first-order chi connectivity index (χ1) is 11.2. The van der Waals surface area contributed by atoms with Crippen LogP contribution in [0.5, 0.6) is 5.75 Å². The number of hydrogen-bond donors (Lipinski definition) is 3. The van der Waals surface area contributed by atoms with Gasteiger partial charge in [-0.25, -0.2) is 15.0 Å². The molecule has 0 aliphatic rings. The summed E-state index contributed by atoms with van der Waals surface area (Å²) in [5.41, 5.74) is 7.41. The molecule has 1 aromatic carbocycles. The van der Waals surface area contributed by atoms with Gasteiger partial charge < -0.3 is 21.1 Å². The molecule has 0 saturated carbocycles. The summed E-state index contributed by atoms with van der Waals surface area (Å²) in [5, 5.41) is 6.91. The third-order valence-corrected chi connectivity index (χ3v) is 4.05. The maximum atomic E-state index is 6.08. The van der Waals surface area contributed by atoms with Crippen molar-refractivity contribution >= 4 is 44.0 Å². The Labute approximate surface area is 137 Å². The molecule has 0 amide bonds. The Balaban J connectivity index is 1.88. The van der Waals surface area contributed by atoms with Crippen LogP contribution >= 0.6 is 11.3 Å². The maximum Gasteiger partial charge on any atom is 0.189 e. The van der Waals surface area contributed by atoms with Gasteiger partial charge in [0.15, 0.2) is 16.8 Å². The van der Waals surface area contributed by atoms with Crippen molar-refractivity contribution in [1.29, 1.82) is 0 Å². The first-order valence-corrected chi connectivity index (χ1v) is 7.69. The van der Waals surface area contributed by atoms with E-state index < -0.39 is 0 Å². The van der Waals surface area contributed by atoms with Crippen LogP contribution in [0.15, 0.2) is 37.2 Å². The van der Waals surface area contributed by atoms with Crippen LogP contribution in [0.25, 0.3) is 10.2 Å². The van der Waals surface area contributed by atoms with Crippen molar-refractivity contribution in [2.24, 2.45) is 0 Å². The van der Waals surface area contributed by atoms with Crippen LogP contribution in [0.3, 0.4) is 0 Å². The Morgan fingerprint density at radius 3 is 2.96 bits per heavy atom. The number of nitrogens with zero attached hydrogens (tertiary/aromatic N) is 3. The molecule has 0 bridgehead atoms. The van der Waals surface area contributed by atoms with Gasteiger partial charge in [-0.15, -0.1) is 6.58 Å². The van der Waals surface area contributed by atoms with Crippen molar-refractivity contribution in [2.75, 3.05) is 30.0 Å². The number of nitrogens with two attached hydrogens (primary N) is 1. The number of ether oxygens (including phenoxy) is 1. The van der Waals surface area contributed by atoms with Gasteiger partial charge in [0, 0.05) is 6.54 Å². The molecular formula is C15H16N6OS. The Bertz CT molecular complexity index is 847. The summed E-state index contributed by atoms with van der Waals surface area (Å²) in [7, 11) is 1.64. The Morgan fingerprint density at radius 2 is 2.17 bits per heavy atom. The van der Waals surface area contributed by atoms with E-state index in [2.05, 4.69) is 32.2 Å². The van der Waals surface area contributed by atoms with E-state index in [1.807, 2.05) is 18.2 Å². The van der Waals surface area contributed by atoms with E-state index in [-0.39, 0.29) is 0 Å². The maximum absolute atomic E-state index is 6.08. The Kier molecular flexibility index (Phi) is 4.24. The molecule has 0 fully saturated rings. The molecule has 0 unspecified atom stereocenters. The average Bonchev–Trinajstić information content (AvgIpc) is 2.97. The minimum atomic E-state index is 0.436. The smallest absolute Gasteiger partial charge is 0.189 e. The van der Waals surface area contributed by atoms with Gasteiger partial charge in [0.25, 0.3) is 0 Å². The summed E-state index contributed by atoms with van der Waals surface area (Å²) in [6.07, 6.45) is 3.18. The molecule has 0 radical (unpaired) electrons. The summed E-state index contributed by atoms with van der Waals surface area (Å²) in [6, 6.07) is 5.73. The molecule has 8 heteroatoms. The van der Waals surface area contributed by atoms with E-state index in [4.69, 9.17) is 10.5 Å². The number of aromatic nitrogens is 3. The van der Waals surface area contributed by atoms with E-state index in [9.17, 15) is 0 Å². The van der Waals surface area contributed by atoms with Crippen molar-refractivity contribution in [3.63, 3.8) is 0 Å². The first kappa shape index (κ1) is 15.0. The number of fused-ring (bicyclic) bond motifs is 1. The monoisotopic (exact) mass is 328 g/mol. The lowest BCUT2D eigenvalue weighted by Crippen LogP contribution is -2.07. The fourth-order valence-electron chi connectivity index (χ4n) is 1.99. The van der Waals surface area contributed by atoms with E-state index in [0.717, 1.165) is 16.0 Å². The predicted molar refractivity (Wildman–Crippen MR) is 94.6 cm³/mol. The second-order valence-corrected chi connectivity index (χ2v) is 5.66. The summed E-state index contributed by atoms with van der Waals surface area (Å²) in [5.74, 6) is 1.87. The topological polar surface area (TPSA) is 98.0 Å². The number of rotatable bonds is 6. The number of hydrogen-bond acceptors (Lipinski definition) is 8. The Hall–Kier alpha value is -2.87. The molecule has 0 saturated heterocycles. The molecule has 118 valence electrons. The zero-order valence-electron chi connectivity index (χ0n) is 12.5. The molecule has 7 nitrogen and oxygen atoms in total. The molecule has 23 heavy (non-hydrogen) atoms. The van der Waals surface area contributed by atoms with Gasteiger partial charge in [-0.1, -0.05) is 17.4 Å². The molecule has 0 atom stereocenters. The quantitative estimate of drug-likeness (QED) is 0.598. The molecular weight excluding hydrogens is 312 g/mol. The standard InChI is InChI=1S/C15H16N6OS/c1-3-6-17-13-12(16)14(19-8-18-13)21-15-20-10-5-4-9(22-2)7-11(10)23-15/h3-5,7-8H,1,6,16H2,2H3,(H2,17,18,19,20,21). The van der Waals surface area contributed by atoms with Crippen molar-refractivity contribution in [1.82, 2.24) is 15.0 Å².